The Kier molecular flexibility index (Phi) is 13.6. The predicted octanol–water partition coefficient (Wildman–Crippen LogP) is -3.72. The number of aliphatic hydroxyl groups is 5. The molecule has 0 saturated carbocycles. The number of hydrogen-bond acceptors (Lipinski definition) is 24. The van der Waals surface area contributed by atoms with Crippen LogP contribution in [-0.4, -0.2) is 135 Å². The minimum Gasteiger partial charge on any atom is -0.756 e. The second kappa shape index (κ2) is 17.5. The standard InChI is InChI=1S/C25H31N7O20P2S2/c26-25-29-20-15(21(39)30-25)27-7-31(20)22-19(38)17(36)12(49-22)5-48-53(44,45)52-54(46,47)51-24-14(18(37)16(35)11(4-33)50-24)28-13(34)6-55-56-8-1-2-10(32(42)43)9(3-8)23(40)41/h1-3,7,11-12,14,16-19,22,24,33,35-38H,4-6H2,(H,28,34)(H,40,41)(H,44,45)(H,46,47)(H3,26,29,30,39)/p-2. The highest BCUT2D eigenvalue weighted by molar-refractivity contribution is 8.76. The molecule has 0 aliphatic carbocycles. The molecule has 5 rings (SSSR count). The maximum atomic E-state index is 12.8. The number of nitro benzene ring substituents is 1. The molecule has 10 N–H and O–H groups in total. The van der Waals surface area contributed by atoms with Gasteiger partial charge in [-0.3, -0.25) is 42.9 Å². The molecule has 2 aromatic heterocycles. The predicted molar refractivity (Wildman–Crippen MR) is 180 cm³/mol. The van der Waals surface area contributed by atoms with Crippen LogP contribution in [-0.2, 0) is 36.8 Å². The quantitative estimate of drug-likeness (QED) is 0.0289. The monoisotopic (exact) mass is 873 g/mol. The number of hydrogen-bond donors (Lipinski definition) is 9. The lowest BCUT2D eigenvalue weighted by atomic mass is 9.97. The van der Waals surface area contributed by atoms with Gasteiger partial charge in [0, 0.05) is 11.0 Å². The number of rotatable bonds is 16. The number of carbonyl (C=O) groups excluding carboxylic acids is 1. The molecule has 308 valence electrons. The van der Waals surface area contributed by atoms with Gasteiger partial charge >= 0.3 is 5.97 Å². The normalized spacial score (nSPS) is 28.7. The van der Waals surface area contributed by atoms with E-state index in [1.807, 2.05) is 0 Å². The number of carboxylic acids is 1. The van der Waals surface area contributed by atoms with Crippen LogP contribution in [0.5, 0.6) is 0 Å². The first-order valence-corrected chi connectivity index (χ1v) is 20.6. The Morgan fingerprint density at radius 3 is 2.45 bits per heavy atom. The number of aliphatic hydroxyl groups excluding tert-OH is 5. The van der Waals surface area contributed by atoms with Crippen LogP contribution >= 0.6 is 37.2 Å². The number of nitrogens with two attached hydrogens (primary N) is 1. The molecule has 11 atom stereocenters. The number of nitrogens with zero attached hydrogens (tertiary/aromatic N) is 4. The number of phosphoric acid groups is 2. The fraction of sp³-hybridized carbons (Fsp3) is 0.480. The second-order valence-electron chi connectivity index (χ2n) is 11.6. The molecular formula is C25H29N7O20P2S2-2. The molecule has 2 aliphatic heterocycles. The van der Waals surface area contributed by atoms with Crippen molar-refractivity contribution in [2.45, 2.75) is 60.1 Å². The van der Waals surface area contributed by atoms with Crippen LogP contribution in [0.2, 0.25) is 0 Å². The molecule has 1 amide bonds. The van der Waals surface area contributed by atoms with Crippen LogP contribution in [0.15, 0.2) is 34.2 Å². The first-order chi connectivity index (χ1) is 26.2. The van der Waals surface area contributed by atoms with Crippen molar-refractivity contribution in [3.63, 3.8) is 0 Å². The van der Waals surface area contributed by atoms with Gasteiger partial charge in [-0.1, -0.05) is 21.6 Å². The summed E-state index contributed by atoms with van der Waals surface area (Å²) in [6.07, 6.45) is -14.0. The average molecular weight is 874 g/mol. The number of amides is 1. The number of H-pyrrole nitrogens is 1. The minimum atomic E-state index is -6.13. The summed E-state index contributed by atoms with van der Waals surface area (Å²) in [5.41, 5.74) is 3.10. The molecule has 27 nitrogen and oxygen atoms in total. The van der Waals surface area contributed by atoms with Gasteiger partial charge in [0.15, 0.2) is 23.7 Å². The number of nitro groups is 1. The van der Waals surface area contributed by atoms with Crippen molar-refractivity contribution in [2.24, 2.45) is 0 Å². The number of carbonyl (C=O) groups is 2. The van der Waals surface area contributed by atoms with E-state index in [1.165, 1.54) is 6.07 Å². The van der Waals surface area contributed by atoms with Crippen molar-refractivity contribution in [1.29, 1.82) is 0 Å². The van der Waals surface area contributed by atoms with Gasteiger partial charge in [0.05, 0.1) is 30.2 Å². The summed E-state index contributed by atoms with van der Waals surface area (Å²) in [7, 11) is -10.5. The van der Waals surface area contributed by atoms with Gasteiger partial charge < -0.3 is 65.5 Å². The van der Waals surface area contributed by atoms with Crippen LogP contribution in [0.4, 0.5) is 11.6 Å². The highest BCUT2D eigenvalue weighted by Crippen LogP contribution is 2.57. The van der Waals surface area contributed by atoms with E-state index in [2.05, 4.69) is 33.6 Å². The van der Waals surface area contributed by atoms with E-state index in [9.17, 15) is 74.1 Å². The Balaban J connectivity index is 1.20. The molecule has 0 spiro atoms. The molecule has 1 aromatic carbocycles. The summed E-state index contributed by atoms with van der Waals surface area (Å²) in [6.45, 7) is -2.20. The van der Waals surface area contributed by atoms with Gasteiger partial charge in [-0.2, -0.15) is 4.98 Å². The van der Waals surface area contributed by atoms with Crippen LogP contribution in [0.25, 0.3) is 11.2 Å². The number of nitrogens with one attached hydrogen (secondary N) is 2. The Labute approximate surface area is 318 Å². The third-order valence-electron chi connectivity index (χ3n) is 7.84. The highest BCUT2D eigenvalue weighted by atomic mass is 33.1. The van der Waals surface area contributed by atoms with Crippen molar-refractivity contribution in [2.75, 3.05) is 24.7 Å². The van der Waals surface area contributed by atoms with Gasteiger partial charge in [0.1, 0.15) is 48.2 Å². The number of aromatic nitrogens is 4. The smallest absolute Gasteiger partial charge is 0.342 e. The molecule has 3 aromatic rings. The largest absolute Gasteiger partial charge is 0.756 e. The number of ether oxygens (including phenoxy) is 2. The van der Waals surface area contributed by atoms with Crippen molar-refractivity contribution in [3.8, 4) is 0 Å². The number of aromatic amines is 1. The lowest BCUT2D eigenvalue weighted by Crippen LogP contribution is -2.64. The molecule has 0 bridgehead atoms. The molecule has 56 heavy (non-hydrogen) atoms. The van der Waals surface area contributed by atoms with Crippen LogP contribution in [0, 0.1) is 10.1 Å². The van der Waals surface area contributed by atoms with Crippen molar-refractivity contribution < 1.29 is 86.9 Å². The lowest BCUT2D eigenvalue weighted by molar-refractivity contribution is -0.385. The number of nitrogen functional groups attached to an aromatic ring is 1. The SMILES string of the molecule is Nc1nc2c(ncn2C2OC(COP(=O)([O-])OP(=O)([O-])OC3OC(CO)C(O)C(O)C3NC(=O)CSSc3ccc([N+](=O)[O-])c(C(=O)O)c3)C(O)C2O)c(=O)[nH]1. The van der Waals surface area contributed by atoms with Gasteiger partial charge in [-0.05, 0) is 12.1 Å². The summed E-state index contributed by atoms with van der Waals surface area (Å²) < 4.78 is 50.3. The third-order valence-corrected chi connectivity index (χ3v) is 12.6. The number of fused-ring (bicyclic) bond motifs is 1. The van der Waals surface area contributed by atoms with E-state index in [0.717, 1.165) is 44.6 Å². The molecule has 2 saturated heterocycles. The van der Waals surface area contributed by atoms with Crippen molar-refractivity contribution in [1.82, 2.24) is 24.8 Å². The molecule has 4 heterocycles. The van der Waals surface area contributed by atoms with E-state index in [-0.39, 0.29) is 22.0 Å². The zero-order valence-electron chi connectivity index (χ0n) is 27.6. The van der Waals surface area contributed by atoms with Crippen LogP contribution < -0.4 is 26.4 Å². The van der Waals surface area contributed by atoms with Gasteiger partial charge in [-0.15, -0.1) is 0 Å². The number of carboxylic acid groups (broad SMARTS) is 1. The maximum Gasteiger partial charge on any atom is 0.342 e. The van der Waals surface area contributed by atoms with Gasteiger partial charge in [0.2, 0.25) is 11.9 Å². The molecule has 31 heteroatoms. The first-order valence-electron chi connectivity index (χ1n) is 15.3. The Bertz CT molecular complexity index is 2130. The van der Waals surface area contributed by atoms with E-state index < -0.39 is 123 Å². The first kappa shape index (κ1) is 43.5. The highest BCUT2D eigenvalue weighted by Gasteiger charge is 2.48. The van der Waals surface area contributed by atoms with Gasteiger partial charge in [-0.25, -0.2) is 14.1 Å². The molecule has 11 unspecified atom stereocenters. The van der Waals surface area contributed by atoms with E-state index >= 15 is 0 Å². The number of imidazole rings is 1. The molecule has 2 fully saturated rings. The number of anilines is 1. The molecule has 2 aliphatic rings. The van der Waals surface area contributed by atoms with E-state index in [4.69, 9.17) is 15.2 Å². The lowest BCUT2D eigenvalue weighted by Gasteiger charge is -2.44. The number of aromatic carboxylic acids is 1. The fourth-order valence-electron chi connectivity index (χ4n) is 5.28. The average Bonchev–Trinajstić information content (AvgIpc) is 3.65. The van der Waals surface area contributed by atoms with Crippen LogP contribution in [0.3, 0.4) is 0 Å². The van der Waals surface area contributed by atoms with Gasteiger partial charge in [0.25, 0.3) is 26.9 Å². The summed E-state index contributed by atoms with van der Waals surface area (Å²) in [5, 5.41) is 74.0. The molecular weight excluding hydrogens is 844 g/mol. The number of benzene rings is 1. The third kappa shape index (κ3) is 9.91. The van der Waals surface area contributed by atoms with Crippen molar-refractivity contribution >= 4 is 71.9 Å². The fourth-order valence-corrected chi connectivity index (χ4v) is 9.26. The Hall–Kier alpha value is -3.61. The summed E-state index contributed by atoms with van der Waals surface area (Å²) in [4.78, 5) is 81.9. The van der Waals surface area contributed by atoms with E-state index in [1.54, 1.807) is 0 Å². The topological polar surface area (TPSA) is 427 Å². The zero-order chi connectivity index (χ0) is 41.3. The Morgan fingerprint density at radius 1 is 1.09 bits per heavy atom. The van der Waals surface area contributed by atoms with E-state index in [0.29, 0.717) is 0 Å². The Morgan fingerprint density at radius 2 is 1.79 bits per heavy atom. The zero-order valence-corrected chi connectivity index (χ0v) is 31.0. The summed E-state index contributed by atoms with van der Waals surface area (Å²) in [5.74, 6) is -3.41. The second-order valence-corrected chi connectivity index (χ2v) is 16.9. The summed E-state index contributed by atoms with van der Waals surface area (Å²) >= 11 is 0. The summed E-state index contributed by atoms with van der Waals surface area (Å²) in [6, 6.07) is 1.17. The number of phosphoric ester groups is 2. The molecule has 0 radical (unpaired) electrons. The van der Waals surface area contributed by atoms with Crippen LogP contribution in [0.1, 0.15) is 16.6 Å². The minimum absolute atomic E-state index is 0.178. The van der Waals surface area contributed by atoms with Crippen molar-refractivity contribution in [3.05, 3.63) is 50.6 Å². The maximum absolute atomic E-state index is 12.8.